The predicted octanol–water partition coefficient (Wildman–Crippen LogP) is 4.62. The molecule has 9 heteroatoms. The Bertz CT molecular complexity index is 1370. The van der Waals surface area contributed by atoms with Gasteiger partial charge in [-0.05, 0) is 30.5 Å². The Kier molecular flexibility index (Phi) is 4.87. The summed E-state index contributed by atoms with van der Waals surface area (Å²) in [5.41, 5.74) is 1.01. The van der Waals surface area contributed by atoms with Gasteiger partial charge in [0.1, 0.15) is 11.5 Å². The quantitative estimate of drug-likeness (QED) is 0.243. The van der Waals surface area contributed by atoms with E-state index in [1.165, 1.54) is 23.2 Å². The molecule has 1 aliphatic heterocycles. The number of aromatic nitrogens is 1. The molecule has 4 heterocycles. The van der Waals surface area contributed by atoms with Gasteiger partial charge in [0.25, 0.3) is 5.91 Å². The van der Waals surface area contributed by atoms with Crippen molar-refractivity contribution in [2.75, 3.05) is 4.90 Å². The Morgan fingerprint density at radius 2 is 1.91 bits per heavy atom. The molecule has 0 bridgehead atoms. The minimum Gasteiger partial charge on any atom is -0.453 e. The molecule has 160 valence electrons. The lowest BCUT2D eigenvalue weighted by molar-refractivity contribution is -0.135. The number of para-hydroxylation sites is 1. The van der Waals surface area contributed by atoms with Crippen LogP contribution in [0.5, 0.6) is 0 Å². The first kappa shape index (κ1) is 20.5. The normalized spacial score (nSPS) is 18.6. The summed E-state index contributed by atoms with van der Waals surface area (Å²) in [7, 11) is 0. The lowest BCUT2D eigenvalue weighted by Gasteiger charge is -2.23. The van der Waals surface area contributed by atoms with Crippen molar-refractivity contribution in [1.29, 1.82) is 0 Å². The van der Waals surface area contributed by atoms with Crippen molar-refractivity contribution in [3.63, 3.8) is 0 Å². The van der Waals surface area contributed by atoms with E-state index in [-0.39, 0.29) is 16.7 Å². The third-order valence-corrected chi connectivity index (χ3v) is 7.60. The largest absolute Gasteiger partial charge is 0.453 e. The van der Waals surface area contributed by atoms with Crippen molar-refractivity contribution >= 4 is 62.0 Å². The van der Waals surface area contributed by atoms with E-state index >= 15 is 0 Å². The van der Waals surface area contributed by atoms with Crippen LogP contribution in [-0.4, -0.2) is 28.2 Å². The lowest BCUT2D eigenvalue weighted by Crippen LogP contribution is -2.30. The Morgan fingerprint density at radius 3 is 2.56 bits per heavy atom. The number of aryl methyl sites for hydroxylation is 1. The Morgan fingerprint density at radius 1 is 1.12 bits per heavy atom. The van der Waals surface area contributed by atoms with E-state index in [1.54, 1.807) is 37.3 Å². The molecule has 2 unspecified atom stereocenters. The van der Waals surface area contributed by atoms with Gasteiger partial charge in [-0.3, -0.25) is 24.1 Å². The monoisotopic (exact) mass is 464 g/mol. The van der Waals surface area contributed by atoms with E-state index in [4.69, 9.17) is 4.42 Å². The number of thiazole rings is 1. The summed E-state index contributed by atoms with van der Waals surface area (Å²) in [6, 6.07) is 11.5. The second kappa shape index (κ2) is 7.61. The van der Waals surface area contributed by atoms with Gasteiger partial charge in [0.05, 0.1) is 16.6 Å². The average Bonchev–Trinajstić information content (AvgIpc) is 3.54. The number of anilines is 1. The van der Waals surface area contributed by atoms with E-state index in [1.807, 2.05) is 17.5 Å². The van der Waals surface area contributed by atoms with E-state index in [2.05, 4.69) is 4.98 Å². The number of carbonyl (C=O) groups excluding carboxylic acids is 4. The number of benzene rings is 1. The summed E-state index contributed by atoms with van der Waals surface area (Å²) < 4.78 is 5.70. The van der Waals surface area contributed by atoms with Crippen LogP contribution in [0, 0.1) is 12.8 Å². The Balaban J connectivity index is 1.63. The number of furan rings is 1. The van der Waals surface area contributed by atoms with E-state index in [9.17, 15) is 19.2 Å². The number of rotatable bonds is 5. The van der Waals surface area contributed by atoms with Crippen molar-refractivity contribution in [2.45, 2.75) is 19.9 Å². The van der Waals surface area contributed by atoms with E-state index in [0.29, 0.717) is 21.0 Å². The van der Waals surface area contributed by atoms with Crippen molar-refractivity contribution in [2.24, 2.45) is 5.92 Å². The highest BCUT2D eigenvalue weighted by Gasteiger charge is 2.54. The Hall–Kier alpha value is -3.43. The first-order chi connectivity index (χ1) is 15.4. The van der Waals surface area contributed by atoms with Crippen LogP contribution >= 0.6 is 22.7 Å². The maximum absolute atomic E-state index is 13.5. The lowest BCUT2D eigenvalue weighted by atomic mass is 9.92. The molecule has 7 nitrogen and oxygen atoms in total. The minimum absolute atomic E-state index is 0.0282. The average molecular weight is 465 g/mol. The number of ketones is 3. The molecular weight excluding hydrogens is 448 g/mol. The number of hydrogen-bond donors (Lipinski definition) is 0. The molecule has 4 aromatic rings. The van der Waals surface area contributed by atoms with Gasteiger partial charge in [-0.15, -0.1) is 11.3 Å². The highest BCUT2D eigenvalue weighted by atomic mass is 32.1. The number of thiophene rings is 1. The molecule has 3 aromatic heterocycles. The molecule has 2 atom stereocenters. The molecule has 0 radical (unpaired) electrons. The highest BCUT2D eigenvalue weighted by Crippen LogP contribution is 2.44. The van der Waals surface area contributed by atoms with Gasteiger partial charge in [0.15, 0.2) is 16.7 Å². The molecule has 0 N–H and O–H groups in total. The topological polar surface area (TPSA) is 97.6 Å². The van der Waals surface area contributed by atoms with Crippen molar-refractivity contribution in [3.05, 3.63) is 69.1 Å². The van der Waals surface area contributed by atoms with Crippen LogP contribution < -0.4 is 4.90 Å². The molecule has 1 aliphatic rings. The van der Waals surface area contributed by atoms with Crippen LogP contribution in [0.3, 0.4) is 0 Å². The molecule has 1 aromatic carbocycles. The third kappa shape index (κ3) is 3.12. The molecule has 1 fully saturated rings. The van der Waals surface area contributed by atoms with Gasteiger partial charge in [-0.1, -0.05) is 35.6 Å². The summed E-state index contributed by atoms with van der Waals surface area (Å²) in [4.78, 5) is 58.3. The van der Waals surface area contributed by atoms with Crippen molar-refractivity contribution in [3.8, 4) is 0 Å². The van der Waals surface area contributed by atoms with Crippen LogP contribution in [0.15, 0.2) is 52.3 Å². The standard InChI is InChI=1S/C23H16N2O5S2/c1-11-21(12(2)26)32-23(24-11)25-18(16-8-5-9-31-16)17(20(28)22(25)29)19(27)15-10-13-6-3-4-7-14(13)30-15/h3-10,17-18H,1-2H3. The highest BCUT2D eigenvalue weighted by molar-refractivity contribution is 7.18. The van der Waals surface area contributed by atoms with Crippen molar-refractivity contribution in [1.82, 2.24) is 4.98 Å². The summed E-state index contributed by atoms with van der Waals surface area (Å²) in [6.07, 6.45) is 0. The van der Waals surface area contributed by atoms with Gasteiger partial charge in [-0.2, -0.15) is 0 Å². The van der Waals surface area contributed by atoms with Gasteiger partial charge in [0.2, 0.25) is 11.6 Å². The zero-order valence-electron chi connectivity index (χ0n) is 17.0. The van der Waals surface area contributed by atoms with E-state index < -0.39 is 29.4 Å². The zero-order chi connectivity index (χ0) is 22.6. The number of amides is 1. The number of carbonyl (C=O) groups is 4. The van der Waals surface area contributed by atoms with Crippen LogP contribution in [0.1, 0.15) is 43.8 Å². The minimum atomic E-state index is -1.27. The van der Waals surface area contributed by atoms with Crippen LogP contribution in [-0.2, 0) is 9.59 Å². The molecule has 0 spiro atoms. The van der Waals surface area contributed by atoms with Gasteiger partial charge < -0.3 is 4.42 Å². The Labute approximate surface area is 190 Å². The van der Waals surface area contributed by atoms with Gasteiger partial charge >= 0.3 is 0 Å². The van der Waals surface area contributed by atoms with E-state index in [0.717, 1.165) is 16.7 Å². The second-order valence-corrected chi connectivity index (χ2v) is 9.41. The molecule has 0 aliphatic carbocycles. The number of Topliss-reactive ketones (excluding diaryl/α,β-unsaturated/α-hetero) is 3. The molecule has 1 amide bonds. The predicted molar refractivity (Wildman–Crippen MR) is 120 cm³/mol. The van der Waals surface area contributed by atoms with Crippen LogP contribution in [0.2, 0.25) is 0 Å². The summed E-state index contributed by atoms with van der Waals surface area (Å²) >= 11 is 2.39. The summed E-state index contributed by atoms with van der Waals surface area (Å²) in [5.74, 6) is -3.60. The first-order valence-electron chi connectivity index (χ1n) is 9.78. The molecule has 32 heavy (non-hydrogen) atoms. The van der Waals surface area contributed by atoms with Crippen LogP contribution in [0.25, 0.3) is 11.0 Å². The van der Waals surface area contributed by atoms with Crippen molar-refractivity contribution < 1.29 is 23.6 Å². The third-order valence-electron chi connectivity index (χ3n) is 5.40. The molecule has 5 rings (SSSR count). The smallest absolute Gasteiger partial charge is 0.297 e. The maximum atomic E-state index is 13.5. The second-order valence-electron chi connectivity index (χ2n) is 7.46. The number of hydrogen-bond acceptors (Lipinski definition) is 8. The molecular formula is C23H16N2O5S2. The molecule has 1 saturated heterocycles. The fourth-order valence-corrected chi connectivity index (χ4v) is 5.81. The van der Waals surface area contributed by atoms with Gasteiger partial charge in [-0.25, -0.2) is 4.98 Å². The fraction of sp³-hybridized carbons (Fsp3) is 0.174. The maximum Gasteiger partial charge on any atom is 0.297 e. The first-order valence-corrected chi connectivity index (χ1v) is 11.5. The summed E-state index contributed by atoms with van der Waals surface area (Å²) in [5, 5.41) is 2.78. The summed E-state index contributed by atoms with van der Waals surface area (Å²) in [6.45, 7) is 3.10. The molecule has 0 saturated carbocycles. The SMILES string of the molecule is CC(=O)c1sc(N2C(=O)C(=O)C(C(=O)c3cc4ccccc4o3)C2c2cccs2)nc1C. The van der Waals surface area contributed by atoms with Gasteiger partial charge in [0, 0.05) is 17.2 Å². The zero-order valence-corrected chi connectivity index (χ0v) is 18.7. The number of nitrogens with zero attached hydrogens (tertiary/aromatic N) is 2. The fourth-order valence-electron chi connectivity index (χ4n) is 3.96. The van der Waals surface area contributed by atoms with Crippen LogP contribution in [0.4, 0.5) is 5.13 Å². The number of fused-ring (bicyclic) bond motifs is 1.